The summed E-state index contributed by atoms with van der Waals surface area (Å²) in [6.45, 7) is 8.58. The van der Waals surface area contributed by atoms with Crippen LogP contribution in [0.3, 0.4) is 0 Å². The number of hydrogen-bond acceptors (Lipinski definition) is 3. The topological polar surface area (TPSA) is 45.3 Å². The van der Waals surface area contributed by atoms with Gasteiger partial charge in [-0.25, -0.2) is 0 Å². The Morgan fingerprint density at radius 2 is 1.90 bits per heavy atom. The van der Waals surface area contributed by atoms with E-state index in [4.69, 9.17) is 4.74 Å². The van der Waals surface area contributed by atoms with Crippen molar-refractivity contribution in [3.05, 3.63) is 45.7 Å². The van der Waals surface area contributed by atoms with Crippen LogP contribution in [0.15, 0.2) is 29.1 Å². The van der Waals surface area contributed by atoms with Gasteiger partial charge in [0.2, 0.25) is 0 Å². The second kappa shape index (κ2) is 5.62. The van der Waals surface area contributed by atoms with Crippen molar-refractivity contribution < 1.29 is 4.74 Å². The normalized spacial score (nSPS) is 23.6. The lowest BCUT2D eigenvalue weighted by Crippen LogP contribution is -2.45. The van der Waals surface area contributed by atoms with Gasteiger partial charge in [0.15, 0.2) is 5.43 Å². The van der Waals surface area contributed by atoms with Crippen molar-refractivity contribution in [3.8, 4) is 0 Å². The van der Waals surface area contributed by atoms with Gasteiger partial charge in [0.05, 0.1) is 12.2 Å². The van der Waals surface area contributed by atoms with Crippen molar-refractivity contribution in [1.82, 2.24) is 9.88 Å². The number of nitrogens with one attached hydrogen (secondary N) is 1. The number of aromatic amines is 1. The zero-order valence-electron chi connectivity index (χ0n) is 12.8. The highest BCUT2D eigenvalue weighted by Crippen LogP contribution is 2.16. The molecular formula is C17H22N2O2. The number of rotatable bonds is 2. The largest absolute Gasteiger partial charge is 0.373 e. The maximum absolute atomic E-state index is 12.7. The highest BCUT2D eigenvalue weighted by molar-refractivity contribution is 5.79. The molecule has 4 heteroatoms. The summed E-state index contributed by atoms with van der Waals surface area (Å²) in [6.07, 6.45) is 0.433. The van der Waals surface area contributed by atoms with Crippen LogP contribution in [0, 0.1) is 6.92 Å². The fourth-order valence-electron chi connectivity index (χ4n) is 3.23. The molecule has 0 spiro atoms. The minimum atomic E-state index is 0.147. The summed E-state index contributed by atoms with van der Waals surface area (Å²) in [5.41, 5.74) is 2.89. The summed E-state index contributed by atoms with van der Waals surface area (Å²) < 4.78 is 5.76. The predicted octanol–water partition coefficient (Wildman–Crippen LogP) is 2.45. The van der Waals surface area contributed by atoms with Gasteiger partial charge in [-0.1, -0.05) is 12.1 Å². The van der Waals surface area contributed by atoms with Crippen LogP contribution < -0.4 is 5.43 Å². The van der Waals surface area contributed by atoms with Crippen molar-refractivity contribution in [1.29, 1.82) is 0 Å². The van der Waals surface area contributed by atoms with Gasteiger partial charge < -0.3 is 9.72 Å². The van der Waals surface area contributed by atoms with Crippen molar-refractivity contribution in [2.75, 3.05) is 13.1 Å². The van der Waals surface area contributed by atoms with E-state index in [1.807, 2.05) is 31.2 Å². The summed E-state index contributed by atoms with van der Waals surface area (Å²) in [7, 11) is 0. The standard InChI is InChI=1S/C17H22N2O2/c1-11-8-19(9-12(2)21-11)10-15-13(3)18-16-7-5-4-6-14(16)17(15)20/h4-7,11-12H,8-10H2,1-3H3,(H,18,20)/t11-,12-/m0/s1. The molecule has 3 rings (SSSR count). The first-order valence-electron chi connectivity index (χ1n) is 7.53. The minimum absolute atomic E-state index is 0.147. The van der Waals surface area contributed by atoms with E-state index < -0.39 is 0 Å². The van der Waals surface area contributed by atoms with Crippen molar-refractivity contribution in [2.24, 2.45) is 0 Å². The lowest BCUT2D eigenvalue weighted by molar-refractivity contribution is -0.0706. The number of benzene rings is 1. The average Bonchev–Trinajstić information content (AvgIpc) is 2.42. The molecule has 2 atom stereocenters. The first kappa shape index (κ1) is 14.3. The highest BCUT2D eigenvalue weighted by Gasteiger charge is 2.23. The third-order valence-corrected chi connectivity index (χ3v) is 4.10. The molecule has 1 saturated heterocycles. The van der Waals surface area contributed by atoms with Crippen molar-refractivity contribution in [2.45, 2.75) is 39.5 Å². The third-order valence-electron chi connectivity index (χ3n) is 4.10. The van der Waals surface area contributed by atoms with Gasteiger partial charge in [-0.05, 0) is 32.9 Å². The molecule has 0 radical (unpaired) electrons. The van der Waals surface area contributed by atoms with Gasteiger partial charge in [-0.15, -0.1) is 0 Å². The number of aromatic nitrogens is 1. The second-order valence-corrected chi connectivity index (χ2v) is 6.05. The van der Waals surface area contributed by atoms with E-state index in [1.165, 1.54) is 0 Å². The van der Waals surface area contributed by atoms with E-state index in [1.54, 1.807) is 0 Å². The Labute approximate surface area is 124 Å². The lowest BCUT2D eigenvalue weighted by atomic mass is 10.1. The number of H-pyrrole nitrogens is 1. The SMILES string of the molecule is Cc1[nH]c2ccccc2c(=O)c1CN1C[C@H](C)O[C@@H](C)C1. The third kappa shape index (κ3) is 2.87. The zero-order valence-corrected chi connectivity index (χ0v) is 12.8. The van der Waals surface area contributed by atoms with Crippen LogP contribution in [0.4, 0.5) is 0 Å². The number of fused-ring (bicyclic) bond motifs is 1. The number of nitrogens with zero attached hydrogens (tertiary/aromatic N) is 1. The van der Waals surface area contributed by atoms with E-state index in [2.05, 4.69) is 23.7 Å². The van der Waals surface area contributed by atoms with E-state index in [0.717, 1.165) is 35.2 Å². The smallest absolute Gasteiger partial charge is 0.194 e. The number of para-hydroxylation sites is 1. The van der Waals surface area contributed by atoms with Gasteiger partial charge in [-0.3, -0.25) is 9.69 Å². The fourth-order valence-corrected chi connectivity index (χ4v) is 3.23. The Bertz CT molecular complexity index is 697. The molecule has 2 heterocycles. The van der Waals surface area contributed by atoms with Crippen molar-refractivity contribution in [3.63, 3.8) is 0 Å². The van der Waals surface area contributed by atoms with Gasteiger partial charge in [0.1, 0.15) is 0 Å². The molecule has 1 fully saturated rings. The Balaban J connectivity index is 1.95. The number of hydrogen-bond donors (Lipinski definition) is 1. The summed E-state index contributed by atoms with van der Waals surface area (Å²) in [6, 6.07) is 7.70. The van der Waals surface area contributed by atoms with Crippen LogP contribution in [0.5, 0.6) is 0 Å². The maximum Gasteiger partial charge on any atom is 0.194 e. The summed E-state index contributed by atoms with van der Waals surface area (Å²) in [4.78, 5) is 18.4. The van der Waals surface area contributed by atoms with Crippen molar-refractivity contribution >= 4 is 10.9 Å². The molecule has 0 unspecified atom stereocenters. The van der Waals surface area contributed by atoms with Crippen LogP contribution >= 0.6 is 0 Å². The number of aryl methyl sites for hydroxylation is 1. The molecule has 1 aromatic carbocycles. The average molecular weight is 286 g/mol. The molecule has 0 amide bonds. The molecule has 112 valence electrons. The van der Waals surface area contributed by atoms with Gasteiger partial charge in [0.25, 0.3) is 0 Å². The van der Waals surface area contributed by atoms with Crippen LogP contribution in [-0.2, 0) is 11.3 Å². The molecule has 0 bridgehead atoms. The summed E-state index contributed by atoms with van der Waals surface area (Å²) in [5, 5.41) is 0.771. The predicted molar refractivity (Wildman–Crippen MR) is 84.6 cm³/mol. The first-order valence-corrected chi connectivity index (χ1v) is 7.53. The Hall–Kier alpha value is -1.65. The van der Waals surface area contributed by atoms with Crippen LogP contribution in [-0.4, -0.2) is 35.2 Å². The first-order chi connectivity index (χ1) is 10.0. The van der Waals surface area contributed by atoms with E-state index in [9.17, 15) is 4.79 Å². The lowest BCUT2D eigenvalue weighted by Gasteiger charge is -2.35. The fraction of sp³-hybridized carbons (Fsp3) is 0.471. The van der Waals surface area contributed by atoms with Crippen LogP contribution in [0.25, 0.3) is 10.9 Å². The Morgan fingerprint density at radius 3 is 2.62 bits per heavy atom. The number of morpholine rings is 1. The Morgan fingerprint density at radius 1 is 1.24 bits per heavy atom. The monoisotopic (exact) mass is 286 g/mol. The Kier molecular flexibility index (Phi) is 3.83. The van der Waals surface area contributed by atoms with E-state index in [-0.39, 0.29) is 17.6 Å². The molecule has 1 aliphatic heterocycles. The molecule has 21 heavy (non-hydrogen) atoms. The second-order valence-electron chi connectivity index (χ2n) is 6.05. The molecule has 0 aliphatic carbocycles. The zero-order chi connectivity index (χ0) is 15.0. The molecule has 1 aromatic heterocycles. The molecule has 4 nitrogen and oxygen atoms in total. The maximum atomic E-state index is 12.7. The summed E-state index contributed by atoms with van der Waals surface area (Å²) >= 11 is 0. The van der Waals surface area contributed by atoms with Crippen LogP contribution in [0.1, 0.15) is 25.1 Å². The molecule has 0 saturated carbocycles. The quantitative estimate of drug-likeness (QED) is 0.922. The number of pyridine rings is 1. The molecular weight excluding hydrogens is 264 g/mol. The van der Waals surface area contributed by atoms with E-state index in [0.29, 0.717) is 6.54 Å². The van der Waals surface area contributed by atoms with Crippen LogP contribution in [0.2, 0.25) is 0 Å². The summed E-state index contributed by atoms with van der Waals surface area (Å²) in [5.74, 6) is 0. The number of ether oxygens (including phenoxy) is 1. The molecule has 1 N–H and O–H groups in total. The highest BCUT2D eigenvalue weighted by atomic mass is 16.5. The van der Waals surface area contributed by atoms with E-state index >= 15 is 0 Å². The van der Waals surface area contributed by atoms with Gasteiger partial charge in [-0.2, -0.15) is 0 Å². The molecule has 1 aliphatic rings. The van der Waals surface area contributed by atoms with Gasteiger partial charge in [0, 0.05) is 41.8 Å². The minimum Gasteiger partial charge on any atom is -0.373 e. The van der Waals surface area contributed by atoms with Gasteiger partial charge >= 0.3 is 0 Å². The molecule has 2 aromatic rings.